The fourth-order valence-corrected chi connectivity index (χ4v) is 2.10. The molecule has 5 heteroatoms. The van der Waals surface area contributed by atoms with Crippen molar-refractivity contribution in [3.8, 4) is 0 Å². The van der Waals surface area contributed by atoms with Gasteiger partial charge in [0, 0.05) is 12.1 Å². The molecule has 0 atom stereocenters. The van der Waals surface area contributed by atoms with Crippen LogP contribution >= 0.6 is 11.6 Å². The van der Waals surface area contributed by atoms with Crippen LogP contribution in [0.15, 0.2) is 9.59 Å². The lowest BCUT2D eigenvalue weighted by Gasteiger charge is -2.25. The van der Waals surface area contributed by atoms with E-state index < -0.39 is 5.69 Å². The SMILES string of the molecule is Cc1c(Cl)[nH]c(=O)n(CCC2CCC2)c1=O. The molecule has 1 saturated carbocycles. The quantitative estimate of drug-likeness (QED) is 0.820. The molecule has 4 nitrogen and oxygen atoms in total. The van der Waals surface area contributed by atoms with E-state index in [9.17, 15) is 9.59 Å². The van der Waals surface area contributed by atoms with Crippen molar-refractivity contribution in [3.05, 3.63) is 31.6 Å². The summed E-state index contributed by atoms with van der Waals surface area (Å²) in [5.74, 6) is 0.683. The maximum Gasteiger partial charge on any atom is 0.329 e. The van der Waals surface area contributed by atoms with Crippen molar-refractivity contribution in [2.24, 2.45) is 5.92 Å². The molecule has 0 bridgehead atoms. The van der Waals surface area contributed by atoms with Crippen LogP contribution < -0.4 is 11.2 Å². The smallest absolute Gasteiger partial charge is 0.297 e. The molecule has 0 amide bonds. The van der Waals surface area contributed by atoms with Crippen molar-refractivity contribution < 1.29 is 0 Å². The highest BCUT2D eigenvalue weighted by Crippen LogP contribution is 2.29. The molecule has 0 aliphatic heterocycles. The number of rotatable bonds is 3. The van der Waals surface area contributed by atoms with Gasteiger partial charge in [0.25, 0.3) is 5.56 Å². The minimum Gasteiger partial charge on any atom is -0.297 e. The highest BCUT2D eigenvalue weighted by atomic mass is 35.5. The predicted octanol–water partition coefficient (Wildman–Crippen LogP) is 1.69. The van der Waals surface area contributed by atoms with Crippen LogP contribution in [0.4, 0.5) is 0 Å². The summed E-state index contributed by atoms with van der Waals surface area (Å²) in [5.41, 5.74) is -0.261. The molecule has 0 unspecified atom stereocenters. The van der Waals surface area contributed by atoms with Crippen LogP contribution in [0.2, 0.25) is 5.15 Å². The zero-order chi connectivity index (χ0) is 11.7. The average molecular weight is 243 g/mol. The molecule has 1 N–H and O–H groups in total. The van der Waals surface area contributed by atoms with E-state index in [4.69, 9.17) is 11.6 Å². The van der Waals surface area contributed by atoms with Crippen LogP contribution in [0.25, 0.3) is 0 Å². The fraction of sp³-hybridized carbons (Fsp3) is 0.636. The molecule has 1 heterocycles. The first-order valence-corrected chi connectivity index (χ1v) is 5.96. The highest BCUT2D eigenvalue weighted by molar-refractivity contribution is 6.30. The number of hydrogen-bond acceptors (Lipinski definition) is 2. The molecule has 2 rings (SSSR count). The summed E-state index contributed by atoms with van der Waals surface area (Å²) in [6.07, 6.45) is 4.62. The first-order chi connectivity index (χ1) is 7.59. The summed E-state index contributed by atoms with van der Waals surface area (Å²) < 4.78 is 1.25. The van der Waals surface area contributed by atoms with Crippen LogP contribution in [0.3, 0.4) is 0 Å². The number of aromatic amines is 1. The Hall–Kier alpha value is -1.03. The molecular formula is C11H15ClN2O2. The molecular weight excluding hydrogens is 228 g/mol. The summed E-state index contributed by atoms with van der Waals surface area (Å²) in [7, 11) is 0. The second-order valence-corrected chi connectivity index (χ2v) is 4.79. The van der Waals surface area contributed by atoms with E-state index >= 15 is 0 Å². The van der Waals surface area contributed by atoms with Gasteiger partial charge in [-0.05, 0) is 19.3 Å². The van der Waals surface area contributed by atoms with E-state index in [-0.39, 0.29) is 10.7 Å². The standard InChI is InChI=1S/C11H15ClN2O2/c1-7-9(12)13-11(16)14(10(7)15)6-5-8-3-2-4-8/h8H,2-6H2,1H3,(H,13,16). The zero-order valence-corrected chi connectivity index (χ0v) is 10.0. The Morgan fingerprint density at radius 3 is 2.69 bits per heavy atom. The normalized spacial score (nSPS) is 16.1. The minimum absolute atomic E-state index is 0.148. The second-order valence-electron chi connectivity index (χ2n) is 4.41. The summed E-state index contributed by atoms with van der Waals surface area (Å²) in [5, 5.41) is 0.148. The third-order valence-electron chi connectivity index (χ3n) is 3.34. The number of nitrogens with zero attached hydrogens (tertiary/aromatic N) is 1. The Bertz CT molecular complexity index is 500. The Labute approximate surface area is 98.3 Å². The van der Waals surface area contributed by atoms with Gasteiger partial charge in [-0.2, -0.15) is 0 Å². The highest BCUT2D eigenvalue weighted by Gasteiger charge is 2.18. The first-order valence-electron chi connectivity index (χ1n) is 5.59. The lowest BCUT2D eigenvalue weighted by atomic mass is 9.83. The van der Waals surface area contributed by atoms with Crippen molar-refractivity contribution in [2.75, 3.05) is 0 Å². The van der Waals surface area contributed by atoms with Crippen molar-refractivity contribution >= 4 is 11.6 Å². The molecule has 1 aliphatic carbocycles. The number of nitrogens with one attached hydrogen (secondary N) is 1. The Morgan fingerprint density at radius 2 is 2.12 bits per heavy atom. The van der Waals surface area contributed by atoms with E-state index in [1.807, 2.05) is 0 Å². The van der Waals surface area contributed by atoms with Gasteiger partial charge in [0.05, 0.1) is 0 Å². The largest absolute Gasteiger partial charge is 0.329 e. The summed E-state index contributed by atoms with van der Waals surface area (Å²) in [6, 6.07) is 0. The minimum atomic E-state index is -0.403. The molecule has 0 radical (unpaired) electrons. The molecule has 88 valence electrons. The third kappa shape index (κ3) is 2.07. The molecule has 1 aliphatic rings. The molecule has 1 fully saturated rings. The van der Waals surface area contributed by atoms with Gasteiger partial charge in [-0.15, -0.1) is 0 Å². The van der Waals surface area contributed by atoms with Gasteiger partial charge < -0.3 is 0 Å². The van der Waals surface area contributed by atoms with Crippen LogP contribution in [0.1, 0.15) is 31.2 Å². The van der Waals surface area contributed by atoms with Crippen molar-refractivity contribution in [2.45, 2.75) is 39.2 Å². The van der Waals surface area contributed by atoms with Crippen LogP contribution in [-0.2, 0) is 6.54 Å². The molecule has 0 saturated heterocycles. The van der Waals surface area contributed by atoms with Crippen molar-refractivity contribution in [3.63, 3.8) is 0 Å². The predicted molar refractivity (Wildman–Crippen MR) is 63.0 cm³/mol. The number of aromatic nitrogens is 2. The van der Waals surface area contributed by atoms with Crippen molar-refractivity contribution in [1.82, 2.24) is 9.55 Å². The maximum absolute atomic E-state index is 11.8. The number of halogens is 1. The topological polar surface area (TPSA) is 54.9 Å². The number of H-pyrrole nitrogens is 1. The summed E-state index contributed by atoms with van der Waals surface area (Å²) in [6.45, 7) is 2.12. The molecule has 1 aromatic rings. The van der Waals surface area contributed by atoms with Crippen LogP contribution in [0, 0.1) is 12.8 Å². The van der Waals surface area contributed by atoms with E-state index in [1.54, 1.807) is 6.92 Å². The monoisotopic (exact) mass is 242 g/mol. The van der Waals surface area contributed by atoms with Gasteiger partial charge in [0.2, 0.25) is 0 Å². The molecule has 1 aromatic heterocycles. The van der Waals surface area contributed by atoms with E-state index in [0.717, 1.165) is 6.42 Å². The maximum atomic E-state index is 11.8. The number of hydrogen-bond donors (Lipinski definition) is 1. The van der Waals surface area contributed by atoms with E-state index in [2.05, 4.69) is 4.98 Å². The van der Waals surface area contributed by atoms with Crippen molar-refractivity contribution in [1.29, 1.82) is 0 Å². The van der Waals surface area contributed by atoms with Gasteiger partial charge >= 0.3 is 5.69 Å². The second kappa shape index (κ2) is 4.45. The Morgan fingerprint density at radius 1 is 1.44 bits per heavy atom. The van der Waals surface area contributed by atoms with Crippen LogP contribution in [0.5, 0.6) is 0 Å². The lowest BCUT2D eigenvalue weighted by Crippen LogP contribution is -2.37. The van der Waals surface area contributed by atoms with E-state index in [0.29, 0.717) is 18.0 Å². The van der Waals surface area contributed by atoms with Gasteiger partial charge in [0.15, 0.2) is 0 Å². The summed E-state index contributed by atoms with van der Waals surface area (Å²) >= 11 is 5.72. The third-order valence-corrected chi connectivity index (χ3v) is 3.72. The fourth-order valence-electron chi connectivity index (χ4n) is 1.94. The molecule has 0 spiro atoms. The first kappa shape index (κ1) is 11.5. The molecule has 16 heavy (non-hydrogen) atoms. The average Bonchev–Trinajstić information content (AvgIpc) is 2.17. The Balaban J connectivity index is 2.22. The Kier molecular flexibility index (Phi) is 3.19. The van der Waals surface area contributed by atoms with Gasteiger partial charge in [-0.1, -0.05) is 30.9 Å². The van der Waals surface area contributed by atoms with E-state index in [1.165, 1.54) is 23.8 Å². The summed E-state index contributed by atoms with van der Waals surface area (Å²) in [4.78, 5) is 25.8. The van der Waals surface area contributed by atoms with Gasteiger partial charge in [0.1, 0.15) is 5.15 Å². The zero-order valence-electron chi connectivity index (χ0n) is 9.25. The lowest BCUT2D eigenvalue weighted by molar-refractivity contribution is 0.279. The van der Waals surface area contributed by atoms with Gasteiger partial charge in [-0.25, -0.2) is 4.79 Å². The van der Waals surface area contributed by atoms with Crippen LogP contribution in [-0.4, -0.2) is 9.55 Å². The molecule has 0 aromatic carbocycles. The van der Waals surface area contributed by atoms with Gasteiger partial charge in [-0.3, -0.25) is 14.3 Å².